The van der Waals surface area contributed by atoms with Crippen molar-refractivity contribution < 1.29 is 14.6 Å². The highest BCUT2D eigenvalue weighted by molar-refractivity contribution is 5.64. The summed E-state index contributed by atoms with van der Waals surface area (Å²) < 4.78 is 4.83. The molecule has 0 aromatic rings. The summed E-state index contributed by atoms with van der Waals surface area (Å²) in [6, 6.07) is 0. The first-order chi connectivity index (χ1) is 11.1. The molecule has 1 amide bonds. The van der Waals surface area contributed by atoms with Crippen molar-refractivity contribution in [2.45, 2.75) is 70.5 Å². The Hall–Kier alpha value is -0.770. The van der Waals surface area contributed by atoms with Gasteiger partial charge in [-0.05, 0) is 86.9 Å². The molecule has 3 unspecified atom stereocenters. The van der Waals surface area contributed by atoms with Crippen LogP contribution in [0.4, 0.5) is 4.79 Å². The Morgan fingerprint density at radius 3 is 2.26 bits per heavy atom. The van der Waals surface area contributed by atoms with Crippen LogP contribution in [0.1, 0.15) is 64.2 Å². The number of carbonyl (C=O) groups is 1. The van der Waals surface area contributed by atoms with Crippen LogP contribution in [0.5, 0.6) is 0 Å². The Morgan fingerprint density at radius 1 is 0.870 bits per heavy atom. The first-order valence-corrected chi connectivity index (χ1v) is 9.77. The van der Waals surface area contributed by atoms with Crippen molar-refractivity contribution in [1.82, 2.24) is 0 Å². The third-order valence-electron chi connectivity index (χ3n) is 7.83. The molecule has 4 fully saturated rings. The average molecular weight is 321 g/mol. The van der Waals surface area contributed by atoms with Crippen molar-refractivity contribution in [3.8, 4) is 0 Å². The zero-order chi connectivity index (χ0) is 16.0. The van der Waals surface area contributed by atoms with Crippen LogP contribution in [-0.2, 0) is 4.74 Å². The van der Waals surface area contributed by atoms with Gasteiger partial charge in [0, 0.05) is 5.92 Å². The summed E-state index contributed by atoms with van der Waals surface area (Å²) >= 11 is 0. The van der Waals surface area contributed by atoms with Crippen molar-refractivity contribution in [1.29, 1.82) is 0 Å². The minimum atomic E-state index is -1.00. The molecule has 23 heavy (non-hydrogen) atoms. The van der Waals surface area contributed by atoms with Gasteiger partial charge in [-0.3, -0.25) is 0 Å². The lowest BCUT2D eigenvalue weighted by Crippen LogP contribution is -2.46. The Kier molecular flexibility index (Phi) is 4.29. The van der Waals surface area contributed by atoms with E-state index in [1.165, 1.54) is 51.4 Å². The van der Waals surface area contributed by atoms with E-state index in [1.807, 2.05) is 0 Å². The minimum absolute atomic E-state index is 0.0862. The van der Waals surface area contributed by atoms with Crippen molar-refractivity contribution in [3.05, 3.63) is 0 Å². The van der Waals surface area contributed by atoms with Crippen LogP contribution in [0.25, 0.3) is 0 Å². The first kappa shape index (κ1) is 15.7. The second-order valence-corrected chi connectivity index (χ2v) is 8.66. The molecule has 0 aliphatic heterocycles. The molecule has 0 heterocycles. The molecule has 0 aromatic carbocycles. The van der Waals surface area contributed by atoms with E-state index in [0.717, 1.165) is 48.3 Å². The fourth-order valence-electron chi connectivity index (χ4n) is 6.99. The smallest absolute Gasteiger partial charge is 0.406 e. The summed E-state index contributed by atoms with van der Waals surface area (Å²) in [7, 11) is 0. The molecule has 130 valence electrons. The maximum absolute atomic E-state index is 10.9. The molecular formula is C19H31NO3. The largest absolute Gasteiger partial charge is 0.420 e. The highest BCUT2D eigenvalue weighted by atomic mass is 16.6. The van der Waals surface area contributed by atoms with Crippen LogP contribution in [0, 0.1) is 41.4 Å². The monoisotopic (exact) mass is 321 g/mol. The van der Waals surface area contributed by atoms with E-state index >= 15 is 0 Å². The highest BCUT2D eigenvalue weighted by Gasteiger charge is 2.50. The molecule has 4 saturated carbocycles. The SMILES string of the molecule is NC(=O)OC(O)C1CC[C@H]2C(CC[C@H]3[C@@H]4CCC[C@H]4CC[C@@H]32)C1. The molecule has 8 atom stereocenters. The number of rotatable bonds is 2. The average Bonchev–Trinajstić information content (AvgIpc) is 3.02. The van der Waals surface area contributed by atoms with Crippen molar-refractivity contribution in [3.63, 3.8) is 0 Å². The summed E-state index contributed by atoms with van der Waals surface area (Å²) in [6.45, 7) is 0. The lowest BCUT2D eigenvalue weighted by molar-refractivity contribution is -0.120. The number of fused-ring (bicyclic) bond motifs is 5. The van der Waals surface area contributed by atoms with E-state index < -0.39 is 12.4 Å². The maximum Gasteiger partial charge on any atom is 0.406 e. The van der Waals surface area contributed by atoms with Crippen LogP contribution >= 0.6 is 0 Å². The number of ether oxygens (including phenoxy) is 1. The second-order valence-electron chi connectivity index (χ2n) is 8.66. The Morgan fingerprint density at radius 2 is 1.52 bits per heavy atom. The van der Waals surface area contributed by atoms with Crippen LogP contribution in [0.3, 0.4) is 0 Å². The van der Waals surface area contributed by atoms with Crippen molar-refractivity contribution in [2.24, 2.45) is 47.2 Å². The molecule has 4 nitrogen and oxygen atoms in total. The first-order valence-electron chi connectivity index (χ1n) is 9.77. The van der Waals surface area contributed by atoms with Gasteiger partial charge in [-0.2, -0.15) is 0 Å². The molecule has 0 saturated heterocycles. The lowest BCUT2D eigenvalue weighted by atomic mass is 9.53. The fourth-order valence-corrected chi connectivity index (χ4v) is 6.99. The lowest BCUT2D eigenvalue weighted by Gasteiger charge is -2.53. The Labute approximate surface area is 139 Å². The standard InChI is InChI=1S/C19H31NO3/c20-19(22)23-18(21)13-6-7-15-12(10-13)5-9-16-14-3-1-2-11(14)4-8-17(15)16/h11-18,21H,1-10H2,(H2,20,22)/t11-,12?,13?,14+,15-,16-,17+,18?/m0/s1. The van der Waals surface area contributed by atoms with E-state index in [-0.39, 0.29) is 5.92 Å². The van der Waals surface area contributed by atoms with Crippen LogP contribution in [0.15, 0.2) is 0 Å². The van der Waals surface area contributed by atoms with Gasteiger partial charge in [0.2, 0.25) is 6.29 Å². The molecule has 0 spiro atoms. The molecule has 4 rings (SSSR count). The van der Waals surface area contributed by atoms with Crippen LogP contribution < -0.4 is 5.73 Å². The summed E-state index contributed by atoms with van der Waals surface area (Å²) in [5.41, 5.74) is 5.05. The summed E-state index contributed by atoms with van der Waals surface area (Å²) in [5, 5.41) is 10.1. The summed E-state index contributed by atoms with van der Waals surface area (Å²) in [4.78, 5) is 10.9. The van der Waals surface area contributed by atoms with E-state index in [4.69, 9.17) is 10.5 Å². The zero-order valence-electron chi connectivity index (χ0n) is 14.0. The number of hydrogen-bond acceptors (Lipinski definition) is 3. The van der Waals surface area contributed by atoms with Gasteiger partial charge < -0.3 is 15.6 Å². The number of aliphatic hydroxyl groups excluding tert-OH is 1. The highest BCUT2D eigenvalue weighted by Crippen LogP contribution is 2.58. The zero-order valence-corrected chi connectivity index (χ0v) is 14.0. The van der Waals surface area contributed by atoms with Crippen LogP contribution in [-0.4, -0.2) is 17.5 Å². The predicted octanol–water partition coefficient (Wildman–Crippen LogP) is 3.67. The normalized spacial score (nSPS) is 47.1. The molecule has 4 aliphatic rings. The fraction of sp³-hybridized carbons (Fsp3) is 0.947. The molecular weight excluding hydrogens is 290 g/mol. The van der Waals surface area contributed by atoms with Crippen molar-refractivity contribution in [2.75, 3.05) is 0 Å². The summed E-state index contributed by atoms with van der Waals surface area (Å²) in [5.74, 6) is 5.64. The number of primary amides is 1. The van der Waals surface area contributed by atoms with Gasteiger partial charge in [0.25, 0.3) is 0 Å². The number of hydrogen-bond donors (Lipinski definition) is 2. The molecule has 0 radical (unpaired) electrons. The van der Waals surface area contributed by atoms with Crippen molar-refractivity contribution >= 4 is 6.09 Å². The molecule has 0 bridgehead atoms. The summed E-state index contributed by atoms with van der Waals surface area (Å²) in [6.07, 6.45) is 11.4. The minimum Gasteiger partial charge on any atom is -0.420 e. The molecule has 0 aromatic heterocycles. The van der Waals surface area contributed by atoms with Gasteiger partial charge in [-0.15, -0.1) is 0 Å². The van der Waals surface area contributed by atoms with E-state index in [2.05, 4.69) is 0 Å². The number of carbonyl (C=O) groups excluding carboxylic acids is 1. The third-order valence-corrected chi connectivity index (χ3v) is 7.83. The Bertz CT molecular complexity index is 454. The van der Waals surface area contributed by atoms with Gasteiger partial charge in [-0.25, -0.2) is 4.79 Å². The van der Waals surface area contributed by atoms with Gasteiger partial charge >= 0.3 is 6.09 Å². The second kappa shape index (κ2) is 6.27. The van der Waals surface area contributed by atoms with Gasteiger partial charge in [-0.1, -0.05) is 12.8 Å². The van der Waals surface area contributed by atoms with E-state index in [0.29, 0.717) is 0 Å². The predicted molar refractivity (Wildman–Crippen MR) is 87.3 cm³/mol. The van der Waals surface area contributed by atoms with Gasteiger partial charge in [0.15, 0.2) is 0 Å². The topological polar surface area (TPSA) is 72.6 Å². The van der Waals surface area contributed by atoms with E-state index in [9.17, 15) is 9.90 Å². The molecule has 3 N–H and O–H groups in total. The number of aliphatic hydroxyl groups is 1. The van der Waals surface area contributed by atoms with Gasteiger partial charge in [0.05, 0.1) is 0 Å². The molecule has 4 aliphatic carbocycles. The number of nitrogens with two attached hydrogens (primary N) is 1. The molecule has 4 heteroatoms. The Balaban J connectivity index is 1.41. The maximum atomic E-state index is 10.9. The number of amides is 1. The van der Waals surface area contributed by atoms with Gasteiger partial charge in [0.1, 0.15) is 0 Å². The van der Waals surface area contributed by atoms with E-state index in [1.54, 1.807) is 0 Å². The van der Waals surface area contributed by atoms with Crippen LogP contribution in [0.2, 0.25) is 0 Å². The quantitative estimate of drug-likeness (QED) is 0.762. The third kappa shape index (κ3) is 2.88.